The van der Waals surface area contributed by atoms with Crippen molar-refractivity contribution in [1.29, 1.82) is 0 Å². The minimum absolute atomic E-state index is 0.0173. The Morgan fingerprint density at radius 1 is 0.904 bits per heavy atom. The van der Waals surface area contributed by atoms with Crippen LogP contribution in [0.4, 0.5) is 16.2 Å². The summed E-state index contributed by atoms with van der Waals surface area (Å²) in [6.07, 6.45) is 4.69. The van der Waals surface area contributed by atoms with Gasteiger partial charge in [-0.05, 0) is 80.1 Å². The second kappa shape index (κ2) is 30.6. The first-order chi connectivity index (χ1) is 44.1. The van der Waals surface area contributed by atoms with Gasteiger partial charge in [0.1, 0.15) is 58.5 Å². The molecule has 5 aliphatic rings. The molecular formula is C67H90N7O19P. The highest BCUT2D eigenvalue weighted by Crippen LogP contribution is 2.51. The van der Waals surface area contributed by atoms with Crippen LogP contribution in [0.25, 0.3) is 10.8 Å². The molecule has 5 bridgehead atoms. The molecule has 26 nitrogen and oxygen atoms in total. The standard InChI is InChI=1S/C67H90N7O19P/c1-14-49(77)89-34-90-65(85)69-47(22-23-48(76)68-45-20-18-44(19-21-45)30-46(33-75)94(86,87)88)64(84)73(13)32-50(78)92-60-37(5)16-15-17-38(6)63(83)70-56-55-54(71-67(72-55)25-27-74(28-26-67)31-35(2)3)51-52(59(56)81)58(80)43(11)61-53(51)62(82)66(12,93-61)91-29-24-36(4)39(7)40(8)41(9)57(79)42(60)10/h15-21,24,29,33,35-37,39-42,46-47,57,60,71,79-81H,14,22-23,25-28,30-32,34H2,1-13H3,(H,68,76)(H,69,85)(H2,86,87,88)/b16-15+,29-24+,38-17-,70-56?/t36-,37-,39+,40+,41-,42-,46?,47-,57-,60-,66-/m0/s1. The summed E-state index contributed by atoms with van der Waals surface area (Å²) in [6.45, 7) is 22.3. The normalized spacial score (nSPS) is 25.8. The summed E-state index contributed by atoms with van der Waals surface area (Å²) in [5.41, 5.74) is -1.26. The first-order valence-corrected chi connectivity index (χ1v) is 33.4. The van der Waals surface area contributed by atoms with Gasteiger partial charge >= 0.3 is 31.4 Å². The van der Waals surface area contributed by atoms with Crippen LogP contribution < -0.4 is 31.4 Å². The number of alkyl carbamates (subject to hydrolysis) is 1. The lowest BCUT2D eigenvalue weighted by molar-refractivity contribution is -0.161. The molecule has 0 saturated carbocycles. The molecule has 11 atom stereocenters. The number of carbonyl (C=O) groups is 8. The number of amides is 4. The Morgan fingerprint density at radius 3 is 2.20 bits per heavy atom. The van der Waals surface area contributed by atoms with Gasteiger partial charge in [-0.3, -0.25) is 38.3 Å². The third kappa shape index (κ3) is 16.9. The number of phenolic OH excluding ortho intramolecular Hbond substituents is 2. The molecule has 94 heavy (non-hydrogen) atoms. The van der Waals surface area contributed by atoms with E-state index < -0.39 is 127 Å². The molecule has 1 saturated heterocycles. The van der Waals surface area contributed by atoms with Crippen molar-refractivity contribution in [3.05, 3.63) is 87.8 Å². The van der Waals surface area contributed by atoms with E-state index in [4.69, 9.17) is 28.7 Å². The fourth-order valence-electron chi connectivity index (χ4n) is 12.3. The van der Waals surface area contributed by atoms with Gasteiger partial charge in [0.15, 0.2) is 5.75 Å². The number of fused-ring (bicyclic) bond motifs is 13. The number of aromatic hydroxyl groups is 2. The molecule has 8 rings (SSSR count). The zero-order chi connectivity index (χ0) is 69.5. The van der Waals surface area contributed by atoms with E-state index in [-0.39, 0.29) is 105 Å². The van der Waals surface area contributed by atoms with Crippen molar-refractivity contribution >= 4 is 77.6 Å². The molecule has 5 heterocycles. The number of aliphatic hydroxyl groups is 1. The van der Waals surface area contributed by atoms with Crippen LogP contribution in [0.1, 0.15) is 130 Å². The van der Waals surface area contributed by atoms with Crippen molar-refractivity contribution in [3.8, 4) is 17.2 Å². The van der Waals surface area contributed by atoms with Crippen LogP contribution in [0.2, 0.25) is 0 Å². The largest absolute Gasteiger partial charge is 0.507 e. The van der Waals surface area contributed by atoms with Gasteiger partial charge in [-0.15, -0.1) is 0 Å². The number of hydrogen-bond acceptors (Lipinski definition) is 20. The maximum Gasteiger partial charge on any atom is 0.410 e. The number of anilines is 2. The lowest BCUT2D eigenvalue weighted by Crippen LogP contribution is -2.50. The van der Waals surface area contributed by atoms with Crippen LogP contribution in [-0.2, 0) is 58.7 Å². The number of hydrogen-bond donors (Lipinski definition) is 8. The van der Waals surface area contributed by atoms with E-state index in [2.05, 4.69) is 39.7 Å². The number of carbonyl (C=O) groups excluding carboxylic acids is 8. The molecule has 0 radical (unpaired) electrons. The number of aldehydes is 1. The third-order valence-electron chi connectivity index (χ3n) is 18.6. The second-order valence-corrected chi connectivity index (χ2v) is 27.8. The monoisotopic (exact) mass is 1330 g/mol. The van der Waals surface area contributed by atoms with Crippen LogP contribution in [-0.4, -0.2) is 158 Å². The molecule has 1 unspecified atom stereocenters. The van der Waals surface area contributed by atoms with Crippen molar-refractivity contribution in [2.75, 3.05) is 50.7 Å². The Kier molecular flexibility index (Phi) is 23.9. The van der Waals surface area contributed by atoms with Crippen LogP contribution in [0.15, 0.2) is 70.4 Å². The van der Waals surface area contributed by atoms with E-state index in [1.165, 1.54) is 64.4 Å². The molecule has 3 aromatic rings. The number of ketones is 1. The van der Waals surface area contributed by atoms with Crippen LogP contribution in [0.3, 0.4) is 0 Å². The highest BCUT2D eigenvalue weighted by Gasteiger charge is 2.51. The number of likely N-dealkylation sites (tertiary alicyclic amines) is 1. The van der Waals surface area contributed by atoms with Crippen molar-refractivity contribution in [2.24, 2.45) is 51.4 Å². The number of aliphatic hydroxyl groups excluding tert-OH is 1. The Morgan fingerprint density at radius 2 is 1.57 bits per heavy atom. The highest BCUT2D eigenvalue weighted by atomic mass is 31.2. The first-order valence-electron chi connectivity index (χ1n) is 31.8. The molecule has 1 spiro atoms. The van der Waals surface area contributed by atoms with Crippen molar-refractivity contribution < 1.29 is 91.7 Å². The van der Waals surface area contributed by atoms with Crippen molar-refractivity contribution in [3.63, 3.8) is 0 Å². The van der Waals surface area contributed by atoms with Gasteiger partial charge in [-0.25, -0.2) is 9.79 Å². The Labute approximate surface area is 546 Å². The molecule has 512 valence electrons. The first kappa shape index (κ1) is 73.4. The van der Waals surface area contributed by atoms with Crippen LogP contribution >= 0.6 is 7.60 Å². The molecule has 0 aromatic heterocycles. The van der Waals surface area contributed by atoms with E-state index in [0.717, 1.165) is 11.4 Å². The minimum atomic E-state index is -4.71. The molecular weight excluding hydrogens is 1240 g/mol. The number of benzene rings is 3. The number of nitrogens with zero attached hydrogens (tertiary/aromatic N) is 4. The van der Waals surface area contributed by atoms with Crippen LogP contribution in [0.5, 0.6) is 17.2 Å². The molecule has 5 aliphatic heterocycles. The average Bonchev–Trinajstić information content (AvgIpc) is 1.51. The smallest absolute Gasteiger partial charge is 0.410 e. The summed E-state index contributed by atoms with van der Waals surface area (Å²) in [5, 5.41) is 45.2. The number of allylic oxidation sites excluding steroid dienone is 3. The predicted octanol–water partition coefficient (Wildman–Crippen LogP) is 6.80. The zero-order valence-corrected chi connectivity index (χ0v) is 56.5. The van der Waals surface area contributed by atoms with Gasteiger partial charge in [0.25, 0.3) is 11.7 Å². The summed E-state index contributed by atoms with van der Waals surface area (Å²) in [5.74, 6) is -9.43. The number of likely N-dealkylation sites (N-methyl/N-ethyl adjacent to an activating group) is 1. The summed E-state index contributed by atoms with van der Waals surface area (Å²) >= 11 is 0. The Balaban J connectivity index is 1.19. The summed E-state index contributed by atoms with van der Waals surface area (Å²) in [6, 6.07) is 4.30. The Bertz CT molecular complexity index is 3670. The second-order valence-electron chi connectivity index (χ2n) is 26.0. The topological polar surface area (TPSA) is 368 Å². The average molecular weight is 1330 g/mol. The molecule has 1 fully saturated rings. The van der Waals surface area contributed by atoms with Gasteiger partial charge in [0.2, 0.25) is 18.6 Å². The van der Waals surface area contributed by atoms with Crippen molar-refractivity contribution in [2.45, 2.75) is 157 Å². The maximum absolute atomic E-state index is 14.9. The van der Waals surface area contributed by atoms with Gasteiger partial charge < -0.3 is 79.3 Å². The highest BCUT2D eigenvalue weighted by molar-refractivity contribution is 7.53. The van der Waals surface area contributed by atoms with E-state index in [0.29, 0.717) is 37.4 Å². The van der Waals surface area contributed by atoms with E-state index in [1.54, 1.807) is 39.0 Å². The zero-order valence-electron chi connectivity index (χ0n) is 55.6. The van der Waals surface area contributed by atoms with E-state index >= 15 is 0 Å². The maximum atomic E-state index is 14.9. The summed E-state index contributed by atoms with van der Waals surface area (Å²) in [7, 11) is -3.45. The quantitative estimate of drug-likeness (QED) is 0.0213. The predicted molar refractivity (Wildman–Crippen MR) is 346 cm³/mol. The fraction of sp³-hybridized carbons (Fsp3) is 0.552. The molecule has 3 aromatic carbocycles. The SMILES string of the molecule is CCC(=O)OCOC(=O)N[C@@H](CCC(=O)Nc1ccc(CC(C=O)P(=O)(O)O)cc1)C(=O)N(C)CC(=O)O[C@@H]1[C@@H](C)[C@@H](O)[C@@H](C)[C@H](C)[C@H](C)[C@@H](C)/C=C/O[C@@]2(C)Oc3c(C)c(O)c4c(O)c(c5c(c4c3C2=O)NC2(CCN(CC(C)C)CC2)N=5)=NC(=O)/C(C)=C\C=C\[C@@H]1C. The number of rotatable bonds is 18. The van der Waals surface area contributed by atoms with Crippen LogP contribution in [0, 0.1) is 48.3 Å². The van der Waals surface area contributed by atoms with Gasteiger partial charge in [-0.1, -0.05) is 92.7 Å². The number of Topliss-reactive ketones (excluding diaryl/α,β-unsaturated/α-hetero) is 1. The van der Waals surface area contributed by atoms with E-state index in [9.17, 15) is 68.0 Å². The van der Waals surface area contributed by atoms with Gasteiger partial charge in [-0.2, -0.15) is 0 Å². The molecule has 8 N–H and O–H groups in total. The molecule has 4 amide bonds. The van der Waals surface area contributed by atoms with E-state index in [1.807, 2.05) is 27.7 Å². The number of esters is 2. The third-order valence-corrected chi connectivity index (χ3v) is 19.7. The minimum Gasteiger partial charge on any atom is -0.507 e. The number of phenols is 2. The number of piperidine rings is 1. The lowest BCUT2D eigenvalue weighted by Gasteiger charge is -2.38. The van der Waals surface area contributed by atoms with Gasteiger partial charge in [0.05, 0.1) is 29.0 Å². The lowest BCUT2D eigenvalue weighted by atomic mass is 9.72. The fourth-order valence-corrected chi connectivity index (χ4v) is 12.9. The number of nitrogens with one attached hydrogen (secondary N) is 3. The summed E-state index contributed by atoms with van der Waals surface area (Å²) in [4.78, 5) is 139. The van der Waals surface area contributed by atoms with Crippen molar-refractivity contribution in [1.82, 2.24) is 15.1 Å². The number of ether oxygens (including phenoxy) is 5. The molecule has 0 aliphatic carbocycles. The molecule has 27 heteroatoms. The van der Waals surface area contributed by atoms with Gasteiger partial charge in [0, 0.05) is 93.3 Å². The summed E-state index contributed by atoms with van der Waals surface area (Å²) < 4.78 is 40.3. The Hall–Kier alpha value is -8.03.